The zero-order chi connectivity index (χ0) is 13.6. The van der Waals surface area contributed by atoms with E-state index in [9.17, 15) is 14.4 Å². The zero-order valence-corrected chi connectivity index (χ0v) is 9.75. The molecule has 4 N–H and O–H groups in total. The quantitative estimate of drug-likeness (QED) is 0.533. The lowest BCUT2D eigenvalue weighted by Crippen LogP contribution is -2.40. The highest BCUT2D eigenvalue weighted by atomic mass is 16.6. The van der Waals surface area contributed by atoms with E-state index in [0.29, 0.717) is 0 Å². The van der Waals surface area contributed by atoms with Crippen LogP contribution in [0.4, 0.5) is 0 Å². The maximum atomic E-state index is 11.4. The second-order valence-corrected chi connectivity index (χ2v) is 3.97. The van der Waals surface area contributed by atoms with Crippen molar-refractivity contribution >= 4 is 17.9 Å². The summed E-state index contributed by atoms with van der Waals surface area (Å²) in [6.45, 7) is 3.39. The molecule has 0 aliphatic carbocycles. The van der Waals surface area contributed by atoms with Crippen molar-refractivity contribution < 1.29 is 29.3 Å². The fraction of sp³-hybridized carbons (Fsp3) is 0.700. The molecule has 0 amide bonds. The van der Waals surface area contributed by atoms with Crippen molar-refractivity contribution in [2.45, 2.75) is 38.8 Å². The first kappa shape index (κ1) is 15.4. The Balaban J connectivity index is 4.39. The average molecular weight is 247 g/mol. The van der Waals surface area contributed by atoms with Gasteiger partial charge in [-0.15, -0.1) is 0 Å². The van der Waals surface area contributed by atoms with Gasteiger partial charge in [-0.05, 0) is 5.92 Å². The summed E-state index contributed by atoms with van der Waals surface area (Å²) in [6, 6.07) is -0.915. The topological polar surface area (TPSA) is 127 Å². The Labute approximate surface area is 98.6 Å². The molecule has 2 atom stereocenters. The molecule has 0 heterocycles. The van der Waals surface area contributed by atoms with Crippen LogP contribution < -0.4 is 5.73 Å². The molecule has 7 heteroatoms. The lowest BCUT2D eigenvalue weighted by Gasteiger charge is -2.18. The van der Waals surface area contributed by atoms with E-state index in [4.69, 9.17) is 15.9 Å². The van der Waals surface area contributed by atoms with Gasteiger partial charge in [0.2, 0.25) is 0 Å². The summed E-state index contributed by atoms with van der Waals surface area (Å²) in [4.78, 5) is 32.4. The first-order chi connectivity index (χ1) is 7.75. The molecule has 0 aromatic carbocycles. The first-order valence-electron chi connectivity index (χ1n) is 5.16. The van der Waals surface area contributed by atoms with Crippen molar-refractivity contribution in [1.82, 2.24) is 0 Å². The van der Waals surface area contributed by atoms with E-state index >= 15 is 0 Å². The maximum absolute atomic E-state index is 11.4. The Bertz CT molecular complexity index is 301. The van der Waals surface area contributed by atoms with Crippen molar-refractivity contribution in [3.05, 3.63) is 0 Å². The Kier molecular flexibility index (Phi) is 6.19. The van der Waals surface area contributed by atoms with Gasteiger partial charge in [-0.1, -0.05) is 13.8 Å². The van der Waals surface area contributed by atoms with Gasteiger partial charge in [-0.3, -0.25) is 9.59 Å². The van der Waals surface area contributed by atoms with Crippen molar-refractivity contribution in [3.63, 3.8) is 0 Å². The molecule has 0 fully saturated rings. The van der Waals surface area contributed by atoms with Crippen LogP contribution in [-0.4, -0.2) is 40.3 Å². The monoisotopic (exact) mass is 247 g/mol. The van der Waals surface area contributed by atoms with E-state index in [1.165, 1.54) is 0 Å². The lowest BCUT2D eigenvalue weighted by atomic mass is 10.1. The van der Waals surface area contributed by atoms with Crippen LogP contribution in [0, 0.1) is 5.92 Å². The number of nitrogens with two attached hydrogens (primary N) is 1. The van der Waals surface area contributed by atoms with E-state index in [2.05, 4.69) is 4.74 Å². The molecule has 0 aliphatic rings. The molecule has 0 saturated heterocycles. The number of carbonyl (C=O) groups excluding carboxylic acids is 1. The summed E-state index contributed by atoms with van der Waals surface area (Å²) in [5, 5.41) is 17.2. The minimum Gasteiger partial charge on any atom is -0.481 e. The standard InChI is InChI=1S/C10H17NO6/c1-5(2)8(11)10(16)17-6(9(14)15)3-4-7(12)13/h5-6,8H,3-4,11H2,1-2H3,(H,12,13)(H,14,15)/t6?,8-/m0/s1. The summed E-state index contributed by atoms with van der Waals surface area (Å²) in [7, 11) is 0. The number of esters is 1. The van der Waals surface area contributed by atoms with Gasteiger partial charge in [0.25, 0.3) is 0 Å². The van der Waals surface area contributed by atoms with Crippen molar-refractivity contribution in [2.24, 2.45) is 11.7 Å². The molecule has 7 nitrogen and oxygen atoms in total. The third kappa shape index (κ3) is 5.86. The number of hydrogen-bond donors (Lipinski definition) is 3. The van der Waals surface area contributed by atoms with Gasteiger partial charge in [0.15, 0.2) is 6.10 Å². The Morgan fingerprint density at radius 1 is 1.24 bits per heavy atom. The fourth-order valence-electron chi connectivity index (χ4n) is 0.978. The van der Waals surface area contributed by atoms with Crippen LogP contribution in [0.15, 0.2) is 0 Å². The maximum Gasteiger partial charge on any atom is 0.345 e. The fourth-order valence-corrected chi connectivity index (χ4v) is 0.978. The van der Waals surface area contributed by atoms with Crippen molar-refractivity contribution in [2.75, 3.05) is 0 Å². The SMILES string of the molecule is CC(C)[C@H](N)C(=O)OC(CCC(=O)O)C(=O)O. The zero-order valence-electron chi connectivity index (χ0n) is 9.75. The number of carboxylic acid groups (broad SMARTS) is 2. The Morgan fingerprint density at radius 2 is 1.76 bits per heavy atom. The normalized spacial score (nSPS) is 14.1. The van der Waals surface area contributed by atoms with E-state index in [0.717, 1.165) is 0 Å². The van der Waals surface area contributed by atoms with E-state index in [1.807, 2.05) is 0 Å². The predicted octanol–water partition coefficient (Wildman–Crippen LogP) is -0.169. The summed E-state index contributed by atoms with van der Waals surface area (Å²) in [5.41, 5.74) is 5.48. The molecule has 0 aliphatic heterocycles. The van der Waals surface area contributed by atoms with E-state index in [-0.39, 0.29) is 18.8 Å². The largest absolute Gasteiger partial charge is 0.481 e. The molecule has 0 radical (unpaired) electrons. The summed E-state index contributed by atoms with van der Waals surface area (Å²) >= 11 is 0. The van der Waals surface area contributed by atoms with Crippen LogP contribution in [0.1, 0.15) is 26.7 Å². The average Bonchev–Trinajstić information content (AvgIpc) is 2.21. The van der Waals surface area contributed by atoms with Crippen molar-refractivity contribution in [1.29, 1.82) is 0 Å². The van der Waals surface area contributed by atoms with Gasteiger partial charge < -0.3 is 20.7 Å². The number of carboxylic acids is 2. The lowest BCUT2D eigenvalue weighted by molar-refractivity contribution is -0.166. The first-order valence-corrected chi connectivity index (χ1v) is 5.16. The van der Waals surface area contributed by atoms with Gasteiger partial charge in [0, 0.05) is 12.8 Å². The van der Waals surface area contributed by atoms with Gasteiger partial charge in [-0.25, -0.2) is 4.79 Å². The van der Waals surface area contributed by atoms with Gasteiger partial charge in [0.1, 0.15) is 6.04 Å². The van der Waals surface area contributed by atoms with E-state index in [1.54, 1.807) is 13.8 Å². The van der Waals surface area contributed by atoms with Crippen LogP contribution in [0.5, 0.6) is 0 Å². The van der Waals surface area contributed by atoms with Crippen LogP contribution >= 0.6 is 0 Å². The second-order valence-electron chi connectivity index (χ2n) is 3.97. The summed E-state index contributed by atoms with van der Waals surface area (Å²) < 4.78 is 4.66. The molecule has 0 rings (SSSR count). The minimum absolute atomic E-state index is 0.184. The number of carbonyl (C=O) groups is 3. The van der Waals surface area contributed by atoms with Gasteiger partial charge in [-0.2, -0.15) is 0 Å². The Hall–Kier alpha value is -1.63. The highest BCUT2D eigenvalue weighted by molar-refractivity contribution is 5.81. The summed E-state index contributed by atoms with van der Waals surface area (Å²) in [6.07, 6.45) is -2.13. The molecule has 0 aromatic heterocycles. The highest BCUT2D eigenvalue weighted by Gasteiger charge is 2.27. The van der Waals surface area contributed by atoms with Gasteiger partial charge in [0.05, 0.1) is 0 Å². The molecule has 0 spiro atoms. The molecule has 17 heavy (non-hydrogen) atoms. The predicted molar refractivity (Wildman–Crippen MR) is 57.2 cm³/mol. The molecular formula is C10H17NO6. The van der Waals surface area contributed by atoms with Gasteiger partial charge >= 0.3 is 17.9 Å². The summed E-state index contributed by atoms with van der Waals surface area (Å²) in [5.74, 6) is -3.55. The van der Waals surface area contributed by atoms with Crippen LogP contribution in [-0.2, 0) is 19.1 Å². The number of rotatable bonds is 7. The molecule has 0 saturated carbocycles. The Morgan fingerprint density at radius 3 is 2.12 bits per heavy atom. The second kappa shape index (κ2) is 6.85. The van der Waals surface area contributed by atoms with Crippen LogP contribution in [0.3, 0.4) is 0 Å². The number of hydrogen-bond acceptors (Lipinski definition) is 5. The van der Waals surface area contributed by atoms with Crippen molar-refractivity contribution in [3.8, 4) is 0 Å². The molecule has 1 unspecified atom stereocenters. The third-order valence-corrected chi connectivity index (χ3v) is 2.14. The molecule has 0 aromatic rings. The molecular weight excluding hydrogens is 230 g/mol. The number of ether oxygens (including phenoxy) is 1. The molecule has 0 bridgehead atoms. The minimum atomic E-state index is -1.47. The number of aliphatic carboxylic acids is 2. The highest BCUT2D eigenvalue weighted by Crippen LogP contribution is 2.08. The smallest absolute Gasteiger partial charge is 0.345 e. The van der Waals surface area contributed by atoms with E-state index < -0.39 is 30.1 Å². The van der Waals surface area contributed by atoms with Crippen LogP contribution in [0.2, 0.25) is 0 Å². The van der Waals surface area contributed by atoms with Crippen LogP contribution in [0.25, 0.3) is 0 Å². The third-order valence-electron chi connectivity index (χ3n) is 2.14. The molecule has 98 valence electrons.